The Bertz CT molecular complexity index is 1290. The normalized spacial score (nSPS) is 23.7. The number of urea groups is 1. The number of fused-ring (bicyclic) bond motifs is 2. The zero-order valence-electron chi connectivity index (χ0n) is 18.5. The van der Waals surface area contributed by atoms with Crippen molar-refractivity contribution in [3.63, 3.8) is 0 Å². The van der Waals surface area contributed by atoms with Gasteiger partial charge in [0.2, 0.25) is 0 Å². The molecule has 1 aromatic carbocycles. The highest BCUT2D eigenvalue weighted by molar-refractivity contribution is 5.92. The van der Waals surface area contributed by atoms with Crippen LogP contribution in [-0.4, -0.2) is 37.1 Å². The maximum Gasteiger partial charge on any atom is 0.417 e. The van der Waals surface area contributed by atoms with Crippen LogP contribution in [0.5, 0.6) is 0 Å². The Hall–Kier alpha value is -3.64. The molecule has 0 spiro atoms. The molecule has 3 aromatic rings. The summed E-state index contributed by atoms with van der Waals surface area (Å²) in [4.78, 5) is 26.2. The number of alkyl halides is 3. The number of piperidine rings is 1. The number of hydrogen-bond donors (Lipinski definition) is 1. The number of halogens is 5. The van der Waals surface area contributed by atoms with E-state index in [9.17, 15) is 26.7 Å². The molecule has 3 atom stereocenters. The highest BCUT2D eigenvalue weighted by Crippen LogP contribution is 2.55. The van der Waals surface area contributed by atoms with Crippen LogP contribution in [0, 0.1) is 24.5 Å². The maximum atomic E-state index is 14.8. The molecule has 1 aliphatic carbocycles. The molecule has 2 aliphatic rings. The third-order valence-corrected chi connectivity index (χ3v) is 6.42. The number of nitrogens with zero attached hydrogens (tertiary/aromatic N) is 5. The van der Waals surface area contributed by atoms with E-state index in [2.05, 4.69) is 25.4 Å². The second kappa shape index (κ2) is 7.95. The fraction of sp³-hybridized carbons (Fsp3) is 0.409. The lowest BCUT2D eigenvalue weighted by atomic mass is 9.64. The molecule has 5 rings (SSSR count). The molecule has 35 heavy (non-hydrogen) atoms. The predicted octanol–water partition coefficient (Wildman–Crippen LogP) is 5.06. The molecule has 1 aliphatic heterocycles. The SMILES string of the molecule is Cc1noc(C23CC(C[C@@H](C)C2)N3C(=O)Nc2cc(-c3ncc(F)cn3)c(C(F)(F)F)cc2F)n1. The average molecular weight is 494 g/mol. The van der Waals surface area contributed by atoms with Crippen molar-refractivity contribution in [2.45, 2.75) is 50.9 Å². The largest absolute Gasteiger partial charge is 0.417 e. The number of nitrogens with one attached hydrogen (secondary N) is 1. The molecule has 1 saturated heterocycles. The lowest BCUT2D eigenvalue weighted by Crippen LogP contribution is -2.70. The van der Waals surface area contributed by atoms with Gasteiger partial charge in [0, 0.05) is 18.0 Å². The van der Waals surface area contributed by atoms with Crippen LogP contribution in [0.4, 0.5) is 32.4 Å². The fourth-order valence-electron chi connectivity index (χ4n) is 5.15. The highest BCUT2D eigenvalue weighted by Gasteiger charge is 2.62. The molecule has 2 fully saturated rings. The standard InChI is InChI=1S/C22H19F5N6O2/c1-10-3-13-7-21(6-10,19-30-11(2)32-35-19)33(13)20(34)31-17-4-14(18-28-8-12(23)9-29-18)15(5-16(17)24)22(25,26)27/h4-5,8-10,13H,3,6-7H2,1-2H3,(H,31,34)/t10-,13?,21?/m1/s1. The van der Waals surface area contributed by atoms with Crippen molar-refractivity contribution in [1.82, 2.24) is 25.0 Å². The third-order valence-electron chi connectivity index (χ3n) is 6.42. The van der Waals surface area contributed by atoms with Crippen molar-refractivity contribution >= 4 is 11.7 Å². The van der Waals surface area contributed by atoms with Gasteiger partial charge < -0.3 is 14.7 Å². The van der Waals surface area contributed by atoms with E-state index >= 15 is 0 Å². The van der Waals surface area contributed by atoms with Crippen LogP contribution in [0.15, 0.2) is 29.0 Å². The number of benzene rings is 1. The molecule has 2 unspecified atom stereocenters. The number of carbonyl (C=O) groups excluding carboxylic acids is 1. The molecule has 2 amide bonds. The summed E-state index contributed by atoms with van der Waals surface area (Å²) in [6.07, 6.45) is -1.72. The van der Waals surface area contributed by atoms with Crippen LogP contribution in [0.3, 0.4) is 0 Å². The summed E-state index contributed by atoms with van der Waals surface area (Å²) < 4.78 is 74.2. The van der Waals surface area contributed by atoms with E-state index < -0.39 is 52.0 Å². The quantitative estimate of drug-likeness (QED) is 0.511. The number of aromatic nitrogens is 4. The highest BCUT2D eigenvalue weighted by atomic mass is 19.4. The van der Waals surface area contributed by atoms with Crippen molar-refractivity contribution in [2.75, 3.05) is 5.32 Å². The Balaban J connectivity index is 1.51. The second-order valence-corrected chi connectivity index (χ2v) is 8.98. The van der Waals surface area contributed by atoms with E-state index in [1.165, 1.54) is 4.90 Å². The second-order valence-electron chi connectivity index (χ2n) is 8.98. The van der Waals surface area contributed by atoms with Gasteiger partial charge >= 0.3 is 12.2 Å². The molecule has 2 bridgehead atoms. The average Bonchev–Trinajstić information content (AvgIpc) is 3.21. The van der Waals surface area contributed by atoms with Crippen LogP contribution in [-0.2, 0) is 11.7 Å². The minimum absolute atomic E-state index is 0.177. The van der Waals surface area contributed by atoms with Crippen molar-refractivity contribution < 1.29 is 31.3 Å². The molecule has 1 saturated carbocycles. The fourth-order valence-corrected chi connectivity index (χ4v) is 5.15. The van der Waals surface area contributed by atoms with Crippen LogP contribution >= 0.6 is 0 Å². The number of aryl methyl sites for hydroxylation is 1. The van der Waals surface area contributed by atoms with E-state index in [0.29, 0.717) is 37.5 Å². The molecular formula is C22H19F5N6O2. The number of carbonyl (C=O) groups is 1. The van der Waals surface area contributed by atoms with Crippen molar-refractivity contribution in [2.24, 2.45) is 5.92 Å². The molecule has 2 aromatic heterocycles. The lowest BCUT2D eigenvalue weighted by Gasteiger charge is -2.61. The number of amides is 2. The molecule has 184 valence electrons. The molecular weight excluding hydrogens is 475 g/mol. The smallest absolute Gasteiger partial charge is 0.337 e. The van der Waals surface area contributed by atoms with E-state index in [-0.39, 0.29) is 23.9 Å². The van der Waals surface area contributed by atoms with Crippen molar-refractivity contribution in [1.29, 1.82) is 0 Å². The summed E-state index contributed by atoms with van der Waals surface area (Å²) >= 11 is 0. The molecule has 13 heteroatoms. The van der Waals surface area contributed by atoms with Gasteiger partial charge in [-0.1, -0.05) is 12.1 Å². The lowest BCUT2D eigenvalue weighted by molar-refractivity contribution is -0.137. The van der Waals surface area contributed by atoms with Gasteiger partial charge in [-0.2, -0.15) is 18.2 Å². The van der Waals surface area contributed by atoms with Gasteiger partial charge in [-0.3, -0.25) is 0 Å². The molecule has 0 radical (unpaired) electrons. The first-order chi connectivity index (χ1) is 16.5. The van der Waals surface area contributed by atoms with Crippen LogP contribution in [0.25, 0.3) is 11.4 Å². The summed E-state index contributed by atoms with van der Waals surface area (Å²) in [5.74, 6) is -1.69. The Kier molecular flexibility index (Phi) is 5.25. The summed E-state index contributed by atoms with van der Waals surface area (Å²) in [5, 5.41) is 6.19. The number of likely N-dealkylation sites (tertiary alicyclic amines) is 1. The van der Waals surface area contributed by atoms with Gasteiger partial charge in [0.1, 0.15) is 11.4 Å². The first-order valence-electron chi connectivity index (χ1n) is 10.8. The molecule has 1 N–H and O–H groups in total. The monoisotopic (exact) mass is 494 g/mol. The van der Waals surface area contributed by atoms with E-state index in [4.69, 9.17) is 4.52 Å². The molecule has 8 nitrogen and oxygen atoms in total. The first-order valence-corrected chi connectivity index (χ1v) is 10.8. The number of anilines is 1. The summed E-state index contributed by atoms with van der Waals surface area (Å²) in [6, 6.07) is 0.163. The summed E-state index contributed by atoms with van der Waals surface area (Å²) in [6.45, 7) is 3.68. The zero-order valence-corrected chi connectivity index (χ0v) is 18.5. The van der Waals surface area contributed by atoms with Gasteiger partial charge in [0.25, 0.3) is 5.89 Å². The van der Waals surface area contributed by atoms with Gasteiger partial charge in [-0.15, -0.1) is 0 Å². The van der Waals surface area contributed by atoms with E-state index in [1.807, 2.05) is 6.92 Å². The van der Waals surface area contributed by atoms with E-state index in [1.54, 1.807) is 6.92 Å². The molecule has 3 heterocycles. The van der Waals surface area contributed by atoms with Crippen LogP contribution in [0.1, 0.15) is 43.5 Å². The van der Waals surface area contributed by atoms with Crippen LogP contribution < -0.4 is 5.32 Å². The number of hydrogen-bond acceptors (Lipinski definition) is 6. The first kappa shape index (κ1) is 23.1. The Morgan fingerprint density at radius 2 is 1.91 bits per heavy atom. The van der Waals surface area contributed by atoms with Gasteiger partial charge in [0.05, 0.1) is 23.6 Å². The Morgan fingerprint density at radius 3 is 2.54 bits per heavy atom. The topological polar surface area (TPSA) is 97.0 Å². The zero-order chi connectivity index (χ0) is 25.1. The van der Waals surface area contributed by atoms with Crippen LogP contribution in [0.2, 0.25) is 0 Å². The Morgan fingerprint density at radius 1 is 1.20 bits per heavy atom. The Labute approximate surface area is 195 Å². The number of rotatable bonds is 3. The third kappa shape index (κ3) is 3.88. The van der Waals surface area contributed by atoms with Crippen molar-refractivity contribution in [3.8, 4) is 11.4 Å². The van der Waals surface area contributed by atoms with Gasteiger partial charge in [-0.25, -0.2) is 23.5 Å². The maximum absolute atomic E-state index is 14.8. The van der Waals surface area contributed by atoms with Crippen molar-refractivity contribution in [3.05, 3.63) is 53.4 Å². The summed E-state index contributed by atoms with van der Waals surface area (Å²) in [5.41, 5.74) is -3.33. The van der Waals surface area contributed by atoms with E-state index in [0.717, 1.165) is 6.07 Å². The minimum Gasteiger partial charge on any atom is -0.337 e. The predicted molar refractivity (Wildman–Crippen MR) is 111 cm³/mol. The minimum atomic E-state index is -4.94. The van der Waals surface area contributed by atoms with Gasteiger partial charge in [0.15, 0.2) is 17.5 Å². The summed E-state index contributed by atoms with van der Waals surface area (Å²) in [7, 11) is 0. The van der Waals surface area contributed by atoms with Gasteiger partial charge in [-0.05, 0) is 37.8 Å².